The van der Waals surface area contributed by atoms with Gasteiger partial charge in [-0.1, -0.05) is 18.2 Å². The van der Waals surface area contributed by atoms with Crippen molar-refractivity contribution in [1.82, 2.24) is 10.6 Å². The fourth-order valence-corrected chi connectivity index (χ4v) is 2.77. The van der Waals surface area contributed by atoms with Crippen molar-refractivity contribution in [2.24, 2.45) is 0 Å². The minimum atomic E-state index is 0.228. The summed E-state index contributed by atoms with van der Waals surface area (Å²) in [7, 11) is 1.66. The van der Waals surface area contributed by atoms with Gasteiger partial charge in [-0.15, -0.1) is 11.3 Å². The number of thiocarbonyl (C=S) groups is 1. The van der Waals surface area contributed by atoms with Crippen molar-refractivity contribution in [3.63, 3.8) is 0 Å². The maximum Gasteiger partial charge on any atom is 0.167 e. The fourth-order valence-electron chi connectivity index (χ4n) is 1.78. The van der Waals surface area contributed by atoms with E-state index in [1.54, 1.807) is 18.4 Å². The van der Waals surface area contributed by atoms with Gasteiger partial charge >= 0.3 is 0 Å². The van der Waals surface area contributed by atoms with Crippen molar-refractivity contribution >= 4 is 28.7 Å². The largest absolute Gasteiger partial charge is 0.497 e. The minimum absolute atomic E-state index is 0.228. The zero-order valence-electron chi connectivity index (χ0n) is 11.6. The molecule has 0 bridgehead atoms. The molecule has 0 unspecified atom stereocenters. The second-order valence-corrected chi connectivity index (χ2v) is 5.80. The van der Waals surface area contributed by atoms with Gasteiger partial charge in [-0.05, 0) is 48.3 Å². The molecule has 0 spiro atoms. The molecule has 2 rings (SSSR count). The minimum Gasteiger partial charge on any atom is -0.497 e. The average molecular weight is 306 g/mol. The second-order valence-electron chi connectivity index (χ2n) is 4.41. The van der Waals surface area contributed by atoms with E-state index in [1.807, 2.05) is 30.3 Å². The van der Waals surface area contributed by atoms with Crippen LogP contribution >= 0.6 is 23.6 Å². The zero-order chi connectivity index (χ0) is 14.4. The topological polar surface area (TPSA) is 33.3 Å². The van der Waals surface area contributed by atoms with Crippen LogP contribution < -0.4 is 15.4 Å². The zero-order valence-corrected chi connectivity index (χ0v) is 13.2. The summed E-state index contributed by atoms with van der Waals surface area (Å²) in [5.41, 5.74) is 1.17. The molecule has 1 aromatic heterocycles. The van der Waals surface area contributed by atoms with Crippen molar-refractivity contribution in [1.29, 1.82) is 0 Å². The fraction of sp³-hybridized carbons (Fsp3) is 0.267. The molecule has 0 saturated heterocycles. The number of rotatable bonds is 5. The molecule has 0 saturated carbocycles. The number of ether oxygens (including phenoxy) is 1. The number of nitrogens with one attached hydrogen (secondary N) is 2. The number of benzene rings is 1. The first-order valence-electron chi connectivity index (χ1n) is 6.39. The van der Waals surface area contributed by atoms with Crippen LogP contribution in [0.2, 0.25) is 0 Å². The highest BCUT2D eigenvalue weighted by molar-refractivity contribution is 7.80. The van der Waals surface area contributed by atoms with Crippen LogP contribution in [0, 0.1) is 0 Å². The summed E-state index contributed by atoms with van der Waals surface area (Å²) in [5.74, 6) is 0.862. The van der Waals surface area contributed by atoms with E-state index in [4.69, 9.17) is 17.0 Å². The molecule has 106 valence electrons. The second kappa shape index (κ2) is 7.26. The lowest BCUT2D eigenvalue weighted by Crippen LogP contribution is -2.36. The van der Waals surface area contributed by atoms with Gasteiger partial charge in [-0.2, -0.15) is 0 Å². The van der Waals surface area contributed by atoms with Gasteiger partial charge in [0.1, 0.15) is 5.75 Å². The molecule has 1 heterocycles. The lowest BCUT2D eigenvalue weighted by Gasteiger charge is -2.16. The smallest absolute Gasteiger partial charge is 0.167 e. The van der Waals surface area contributed by atoms with E-state index in [0.29, 0.717) is 11.7 Å². The first-order valence-corrected chi connectivity index (χ1v) is 7.68. The van der Waals surface area contributed by atoms with Gasteiger partial charge in [0.25, 0.3) is 0 Å². The van der Waals surface area contributed by atoms with Gasteiger partial charge in [0, 0.05) is 11.4 Å². The lowest BCUT2D eigenvalue weighted by atomic mass is 10.2. The predicted octanol–water partition coefficient (Wildman–Crippen LogP) is 3.48. The number of hydrogen-bond acceptors (Lipinski definition) is 3. The Hall–Kier alpha value is -1.59. The Bertz CT molecular complexity index is 538. The molecule has 0 amide bonds. The summed E-state index contributed by atoms with van der Waals surface area (Å²) >= 11 is 7.04. The van der Waals surface area contributed by atoms with Gasteiger partial charge in [-0.25, -0.2) is 0 Å². The first kappa shape index (κ1) is 14.8. The van der Waals surface area contributed by atoms with Gasteiger partial charge < -0.3 is 15.4 Å². The van der Waals surface area contributed by atoms with Gasteiger partial charge in [0.05, 0.1) is 13.2 Å². The molecule has 0 aliphatic rings. The van der Waals surface area contributed by atoms with E-state index in [2.05, 4.69) is 29.0 Å². The SMILES string of the molecule is COc1ccc(CNC(=S)N[C@H](C)c2cccs2)cc1. The van der Waals surface area contributed by atoms with Crippen molar-refractivity contribution in [2.45, 2.75) is 19.5 Å². The maximum absolute atomic E-state index is 5.31. The molecule has 0 aliphatic carbocycles. The van der Waals surface area contributed by atoms with Crippen LogP contribution in [0.4, 0.5) is 0 Å². The maximum atomic E-state index is 5.31. The van der Waals surface area contributed by atoms with Crippen LogP contribution in [-0.2, 0) is 6.54 Å². The van der Waals surface area contributed by atoms with Gasteiger partial charge in [0.15, 0.2) is 5.11 Å². The first-order chi connectivity index (χ1) is 9.69. The van der Waals surface area contributed by atoms with Crippen LogP contribution in [0.3, 0.4) is 0 Å². The summed E-state index contributed by atoms with van der Waals surface area (Å²) in [6.07, 6.45) is 0. The summed E-state index contributed by atoms with van der Waals surface area (Å²) in [4.78, 5) is 1.28. The van der Waals surface area contributed by atoms with E-state index in [0.717, 1.165) is 5.75 Å². The molecular weight excluding hydrogens is 288 g/mol. The molecule has 0 radical (unpaired) electrons. The van der Waals surface area contributed by atoms with Crippen LogP contribution in [0.15, 0.2) is 41.8 Å². The Morgan fingerprint density at radius 3 is 2.65 bits per heavy atom. The number of methoxy groups -OCH3 is 1. The third-order valence-electron chi connectivity index (χ3n) is 2.93. The van der Waals surface area contributed by atoms with Crippen molar-refractivity contribution in [2.75, 3.05) is 7.11 Å². The monoisotopic (exact) mass is 306 g/mol. The van der Waals surface area contributed by atoms with Crippen LogP contribution in [0.5, 0.6) is 5.75 Å². The summed E-state index contributed by atoms with van der Waals surface area (Å²) in [5, 5.41) is 9.23. The number of hydrogen-bond donors (Lipinski definition) is 2. The Labute approximate surface area is 129 Å². The average Bonchev–Trinajstić information content (AvgIpc) is 3.00. The quantitative estimate of drug-likeness (QED) is 0.829. The van der Waals surface area contributed by atoms with E-state index >= 15 is 0 Å². The Kier molecular flexibility index (Phi) is 5.38. The molecule has 2 aromatic rings. The molecule has 0 aliphatic heterocycles. The van der Waals surface area contributed by atoms with E-state index in [9.17, 15) is 0 Å². The molecule has 0 fully saturated rings. The number of thiophene rings is 1. The highest BCUT2D eigenvalue weighted by atomic mass is 32.1. The van der Waals surface area contributed by atoms with Crippen LogP contribution in [0.25, 0.3) is 0 Å². The van der Waals surface area contributed by atoms with E-state index < -0.39 is 0 Å². The molecule has 5 heteroatoms. The predicted molar refractivity (Wildman–Crippen MR) is 88.3 cm³/mol. The van der Waals surface area contributed by atoms with Crippen LogP contribution in [-0.4, -0.2) is 12.2 Å². The third-order valence-corrected chi connectivity index (χ3v) is 4.25. The van der Waals surface area contributed by atoms with E-state index in [-0.39, 0.29) is 6.04 Å². The molecule has 20 heavy (non-hydrogen) atoms. The van der Waals surface area contributed by atoms with Crippen molar-refractivity contribution in [3.8, 4) is 5.75 Å². The van der Waals surface area contributed by atoms with Gasteiger partial charge in [0.2, 0.25) is 0 Å². The van der Waals surface area contributed by atoms with Crippen molar-refractivity contribution < 1.29 is 4.74 Å². The van der Waals surface area contributed by atoms with E-state index in [1.165, 1.54) is 10.4 Å². The Morgan fingerprint density at radius 2 is 2.05 bits per heavy atom. The molecule has 2 N–H and O–H groups in total. The Morgan fingerprint density at radius 1 is 1.30 bits per heavy atom. The Balaban J connectivity index is 1.79. The summed E-state index contributed by atoms with van der Waals surface area (Å²) in [6, 6.07) is 12.3. The van der Waals surface area contributed by atoms with Gasteiger partial charge in [-0.3, -0.25) is 0 Å². The summed E-state index contributed by atoms with van der Waals surface area (Å²) in [6.45, 7) is 2.81. The lowest BCUT2D eigenvalue weighted by molar-refractivity contribution is 0.414. The highest BCUT2D eigenvalue weighted by Gasteiger charge is 2.07. The van der Waals surface area contributed by atoms with Crippen molar-refractivity contribution in [3.05, 3.63) is 52.2 Å². The molecule has 1 atom stereocenters. The normalized spacial score (nSPS) is 11.7. The molecular formula is C15H18N2OS2. The summed E-state index contributed by atoms with van der Waals surface area (Å²) < 4.78 is 5.13. The molecule has 3 nitrogen and oxygen atoms in total. The highest BCUT2D eigenvalue weighted by Crippen LogP contribution is 2.17. The molecule has 1 aromatic carbocycles. The van der Waals surface area contributed by atoms with Crippen LogP contribution in [0.1, 0.15) is 23.4 Å². The third kappa shape index (κ3) is 4.21. The standard InChI is InChI=1S/C15H18N2OS2/c1-11(14-4-3-9-20-14)17-15(19)16-10-12-5-7-13(18-2)8-6-12/h3-9,11H,10H2,1-2H3,(H2,16,17,19)/t11-/m1/s1.